The van der Waals surface area contributed by atoms with Crippen LogP contribution in [0.25, 0.3) is 0 Å². The van der Waals surface area contributed by atoms with E-state index < -0.39 is 0 Å². The number of nitrogens with zero attached hydrogens (tertiary/aromatic N) is 2. The van der Waals surface area contributed by atoms with Crippen LogP contribution in [0.3, 0.4) is 0 Å². The smallest absolute Gasteiger partial charge is 0.263 e. The van der Waals surface area contributed by atoms with Crippen LogP contribution in [0.4, 0.5) is 0 Å². The van der Waals surface area contributed by atoms with Crippen LogP contribution in [-0.2, 0) is 0 Å². The third kappa shape index (κ3) is 3.29. The topological polar surface area (TPSA) is 52.8 Å². The van der Waals surface area contributed by atoms with Crippen molar-refractivity contribution in [1.82, 2.24) is 4.57 Å². The second kappa shape index (κ2) is 6.92. The number of halogens is 1. The van der Waals surface area contributed by atoms with Crippen molar-refractivity contribution in [2.45, 2.75) is 38.1 Å². The Morgan fingerprint density at radius 3 is 2.84 bits per heavy atom. The zero-order chi connectivity index (χ0) is 17.2. The Kier molecular flexibility index (Phi) is 4.49. The highest BCUT2D eigenvalue weighted by molar-refractivity contribution is 6.32. The minimum Gasteiger partial charge on any atom is -0.454 e. The van der Waals surface area contributed by atoms with E-state index in [1.165, 1.54) is 19.3 Å². The van der Waals surface area contributed by atoms with Crippen molar-refractivity contribution in [1.29, 1.82) is 0 Å². The van der Waals surface area contributed by atoms with Crippen molar-refractivity contribution < 1.29 is 14.3 Å². The normalized spacial score (nSPS) is 17.7. The molecule has 1 fully saturated rings. The van der Waals surface area contributed by atoms with Crippen molar-refractivity contribution >= 4 is 17.5 Å². The molecule has 6 heteroatoms. The second-order valence-corrected chi connectivity index (χ2v) is 6.75. The molecule has 5 nitrogen and oxygen atoms in total. The average molecular weight is 359 g/mol. The number of benzene rings is 1. The molecule has 0 saturated heterocycles. The zero-order valence-corrected chi connectivity index (χ0v) is 14.5. The van der Waals surface area contributed by atoms with E-state index in [1.807, 2.05) is 18.2 Å². The first kappa shape index (κ1) is 16.2. The van der Waals surface area contributed by atoms with Gasteiger partial charge in [0.1, 0.15) is 5.49 Å². The van der Waals surface area contributed by atoms with Gasteiger partial charge in [-0.05, 0) is 37.1 Å². The van der Waals surface area contributed by atoms with Crippen molar-refractivity contribution in [3.8, 4) is 11.5 Å². The van der Waals surface area contributed by atoms with Gasteiger partial charge in [-0.3, -0.25) is 14.4 Å². The van der Waals surface area contributed by atoms with Gasteiger partial charge in [-0.1, -0.05) is 36.9 Å². The molecule has 25 heavy (non-hydrogen) atoms. The van der Waals surface area contributed by atoms with Gasteiger partial charge in [-0.15, -0.1) is 0 Å². The third-order valence-electron chi connectivity index (χ3n) is 4.62. The van der Waals surface area contributed by atoms with Crippen LogP contribution in [0.5, 0.6) is 11.5 Å². The Bertz CT molecular complexity index is 869. The van der Waals surface area contributed by atoms with Crippen LogP contribution in [0.15, 0.2) is 41.5 Å². The first-order valence-electron chi connectivity index (χ1n) is 8.58. The summed E-state index contributed by atoms with van der Waals surface area (Å²) in [5, 5.41) is 0.376. The molecule has 0 spiro atoms. The Balaban J connectivity index is 1.71. The summed E-state index contributed by atoms with van der Waals surface area (Å²) in [4.78, 5) is 17.8. The van der Waals surface area contributed by atoms with Gasteiger partial charge in [0.2, 0.25) is 6.79 Å². The largest absolute Gasteiger partial charge is 0.454 e. The molecule has 1 aliphatic heterocycles. The molecule has 0 N–H and O–H groups in total. The standard InChI is InChI=1S/C19H19ClN2O3/c20-15-10-13(11-16-18(15)25-12-24-16)19(23)22-9-5-4-8-17(22)21-14-6-2-1-3-7-14/h4-5,8-11,14H,1-3,6-7,12H2. The summed E-state index contributed by atoms with van der Waals surface area (Å²) in [6, 6.07) is 9.17. The maximum absolute atomic E-state index is 13.0. The summed E-state index contributed by atoms with van der Waals surface area (Å²) in [5.41, 5.74) is 1.12. The summed E-state index contributed by atoms with van der Waals surface area (Å²) >= 11 is 6.21. The number of carbonyl (C=O) groups excluding carboxylic acids is 1. The van der Waals surface area contributed by atoms with E-state index in [9.17, 15) is 4.79 Å². The lowest BCUT2D eigenvalue weighted by molar-refractivity contribution is 0.0954. The molecule has 0 bridgehead atoms. The summed E-state index contributed by atoms with van der Waals surface area (Å²) in [6.45, 7) is 0.118. The van der Waals surface area contributed by atoms with Gasteiger partial charge in [-0.2, -0.15) is 0 Å². The van der Waals surface area contributed by atoms with Gasteiger partial charge in [0, 0.05) is 11.8 Å². The molecule has 4 rings (SSSR count). The maximum atomic E-state index is 13.0. The molecular weight excluding hydrogens is 340 g/mol. The fraction of sp³-hybridized carbons (Fsp3) is 0.368. The molecule has 1 aromatic carbocycles. The fourth-order valence-electron chi connectivity index (χ4n) is 3.34. The molecule has 2 aliphatic rings. The van der Waals surface area contributed by atoms with E-state index in [0.717, 1.165) is 12.8 Å². The lowest BCUT2D eigenvalue weighted by Crippen LogP contribution is -2.29. The summed E-state index contributed by atoms with van der Waals surface area (Å²) in [6.07, 6.45) is 7.58. The molecule has 1 saturated carbocycles. The summed E-state index contributed by atoms with van der Waals surface area (Å²) < 4.78 is 12.2. The van der Waals surface area contributed by atoms with Gasteiger partial charge in [0.25, 0.3) is 5.91 Å². The van der Waals surface area contributed by atoms with E-state index in [1.54, 1.807) is 22.9 Å². The van der Waals surface area contributed by atoms with Gasteiger partial charge < -0.3 is 9.47 Å². The van der Waals surface area contributed by atoms with Gasteiger partial charge in [0.15, 0.2) is 11.5 Å². The van der Waals surface area contributed by atoms with Crippen LogP contribution >= 0.6 is 11.6 Å². The quantitative estimate of drug-likeness (QED) is 0.820. The minimum absolute atomic E-state index is 0.118. The number of aromatic nitrogens is 1. The summed E-state index contributed by atoms with van der Waals surface area (Å²) in [7, 11) is 0. The van der Waals surface area contributed by atoms with Crippen LogP contribution in [0.1, 0.15) is 42.5 Å². The minimum atomic E-state index is -0.185. The molecule has 0 atom stereocenters. The maximum Gasteiger partial charge on any atom is 0.263 e. The predicted octanol–water partition coefficient (Wildman–Crippen LogP) is 3.79. The monoisotopic (exact) mass is 358 g/mol. The fourth-order valence-corrected chi connectivity index (χ4v) is 3.60. The molecule has 0 unspecified atom stereocenters. The van der Waals surface area contributed by atoms with Crippen molar-refractivity contribution in [3.05, 3.63) is 52.6 Å². The number of ether oxygens (including phenoxy) is 2. The predicted molar refractivity (Wildman–Crippen MR) is 94.2 cm³/mol. The Labute approximate surface area is 150 Å². The van der Waals surface area contributed by atoms with E-state index in [0.29, 0.717) is 27.6 Å². The Morgan fingerprint density at radius 2 is 2.00 bits per heavy atom. The van der Waals surface area contributed by atoms with Crippen LogP contribution in [-0.4, -0.2) is 23.3 Å². The molecule has 130 valence electrons. The van der Waals surface area contributed by atoms with Gasteiger partial charge in [0.05, 0.1) is 11.1 Å². The van der Waals surface area contributed by atoms with Crippen LogP contribution in [0, 0.1) is 0 Å². The number of hydrogen-bond donors (Lipinski definition) is 0. The molecule has 1 aliphatic carbocycles. The van der Waals surface area contributed by atoms with E-state index in [4.69, 9.17) is 26.1 Å². The van der Waals surface area contributed by atoms with Gasteiger partial charge in [-0.25, -0.2) is 0 Å². The highest BCUT2D eigenvalue weighted by Gasteiger charge is 2.21. The lowest BCUT2D eigenvalue weighted by Gasteiger charge is -2.17. The molecule has 2 heterocycles. The second-order valence-electron chi connectivity index (χ2n) is 6.35. The number of hydrogen-bond acceptors (Lipinski definition) is 4. The number of fused-ring (bicyclic) bond motifs is 1. The summed E-state index contributed by atoms with van der Waals surface area (Å²) in [5.74, 6) is 0.803. The van der Waals surface area contributed by atoms with Crippen LogP contribution < -0.4 is 15.0 Å². The van der Waals surface area contributed by atoms with Crippen molar-refractivity contribution in [3.63, 3.8) is 0 Å². The zero-order valence-electron chi connectivity index (χ0n) is 13.8. The molecule has 0 amide bonds. The number of pyridine rings is 1. The SMILES string of the molecule is O=C(c1cc(Cl)c2c(c1)OCO2)n1ccccc1=NC1CCCCC1. The first-order valence-corrected chi connectivity index (χ1v) is 8.95. The number of rotatable bonds is 2. The highest BCUT2D eigenvalue weighted by atomic mass is 35.5. The lowest BCUT2D eigenvalue weighted by atomic mass is 9.96. The van der Waals surface area contributed by atoms with E-state index in [2.05, 4.69) is 0 Å². The third-order valence-corrected chi connectivity index (χ3v) is 4.90. The molecule has 0 radical (unpaired) electrons. The van der Waals surface area contributed by atoms with Crippen molar-refractivity contribution in [2.75, 3.05) is 6.79 Å². The van der Waals surface area contributed by atoms with E-state index in [-0.39, 0.29) is 18.7 Å². The number of carbonyl (C=O) groups is 1. The van der Waals surface area contributed by atoms with Crippen LogP contribution in [0.2, 0.25) is 5.02 Å². The first-order chi connectivity index (χ1) is 12.2. The van der Waals surface area contributed by atoms with Gasteiger partial charge >= 0.3 is 0 Å². The molecule has 2 aromatic rings. The van der Waals surface area contributed by atoms with Crippen molar-refractivity contribution in [2.24, 2.45) is 4.99 Å². The Morgan fingerprint density at radius 1 is 1.16 bits per heavy atom. The Hall–Kier alpha value is -2.27. The average Bonchev–Trinajstić information content (AvgIpc) is 3.12. The molecular formula is C19H19ClN2O3. The van der Waals surface area contributed by atoms with E-state index >= 15 is 0 Å². The highest BCUT2D eigenvalue weighted by Crippen LogP contribution is 2.39. The molecule has 1 aromatic heterocycles.